The Balaban J connectivity index is 2.25. The zero-order valence-electron chi connectivity index (χ0n) is 10.1. The van der Waals surface area contributed by atoms with E-state index in [0.717, 1.165) is 25.1 Å². The molecule has 0 radical (unpaired) electrons. The SMILES string of the molecule is COc1ccc(C2CNCCC2CN)c(F)c1. The fraction of sp³-hybridized carbons (Fsp3) is 0.538. The lowest BCUT2D eigenvalue weighted by atomic mass is 9.81. The van der Waals surface area contributed by atoms with Crippen molar-refractivity contribution < 1.29 is 9.13 Å². The molecule has 94 valence electrons. The Labute approximate surface area is 101 Å². The van der Waals surface area contributed by atoms with Crippen LogP contribution in [-0.4, -0.2) is 26.7 Å². The number of halogens is 1. The minimum absolute atomic E-state index is 0.166. The second-order valence-electron chi connectivity index (χ2n) is 4.48. The third-order valence-corrected chi connectivity index (χ3v) is 3.54. The summed E-state index contributed by atoms with van der Waals surface area (Å²) in [6.07, 6.45) is 1.01. The third-order valence-electron chi connectivity index (χ3n) is 3.54. The van der Waals surface area contributed by atoms with Crippen LogP contribution < -0.4 is 15.8 Å². The van der Waals surface area contributed by atoms with Gasteiger partial charge in [0, 0.05) is 18.5 Å². The standard InChI is InChI=1S/C13H19FN2O/c1-17-10-2-3-11(13(14)6-10)12-8-16-5-4-9(12)7-15/h2-3,6,9,12,16H,4-5,7-8,15H2,1H3. The Bertz CT molecular complexity index is 384. The van der Waals surface area contributed by atoms with E-state index < -0.39 is 0 Å². The van der Waals surface area contributed by atoms with Gasteiger partial charge in [-0.2, -0.15) is 0 Å². The van der Waals surface area contributed by atoms with Crippen molar-refractivity contribution in [1.82, 2.24) is 5.32 Å². The molecule has 0 amide bonds. The Morgan fingerprint density at radius 3 is 3.00 bits per heavy atom. The summed E-state index contributed by atoms with van der Waals surface area (Å²) in [6.45, 7) is 2.37. The first kappa shape index (κ1) is 12.3. The van der Waals surface area contributed by atoms with Crippen molar-refractivity contribution in [3.8, 4) is 5.75 Å². The van der Waals surface area contributed by atoms with E-state index in [2.05, 4.69) is 5.32 Å². The molecule has 3 nitrogen and oxygen atoms in total. The van der Waals surface area contributed by atoms with Gasteiger partial charge in [-0.1, -0.05) is 6.07 Å². The minimum atomic E-state index is -0.198. The number of hydrogen-bond acceptors (Lipinski definition) is 3. The number of rotatable bonds is 3. The summed E-state index contributed by atoms with van der Waals surface area (Å²) in [6, 6.07) is 5.06. The van der Waals surface area contributed by atoms with Gasteiger partial charge in [0.2, 0.25) is 0 Å². The molecule has 2 unspecified atom stereocenters. The first-order valence-electron chi connectivity index (χ1n) is 6.00. The predicted octanol–water partition coefficient (Wildman–Crippen LogP) is 1.49. The van der Waals surface area contributed by atoms with Crippen LogP contribution in [0.2, 0.25) is 0 Å². The van der Waals surface area contributed by atoms with Crippen LogP contribution in [0.5, 0.6) is 5.75 Å². The highest BCUT2D eigenvalue weighted by molar-refractivity contribution is 5.32. The molecule has 1 heterocycles. The third kappa shape index (κ3) is 2.58. The van der Waals surface area contributed by atoms with Crippen LogP contribution in [0.4, 0.5) is 4.39 Å². The minimum Gasteiger partial charge on any atom is -0.497 e. The number of methoxy groups -OCH3 is 1. The van der Waals surface area contributed by atoms with Gasteiger partial charge in [0.15, 0.2) is 0 Å². The van der Waals surface area contributed by atoms with Gasteiger partial charge in [0.05, 0.1) is 7.11 Å². The molecular formula is C13H19FN2O. The Kier molecular flexibility index (Phi) is 3.97. The zero-order chi connectivity index (χ0) is 12.3. The van der Waals surface area contributed by atoms with E-state index in [9.17, 15) is 4.39 Å². The molecule has 0 aliphatic carbocycles. The smallest absolute Gasteiger partial charge is 0.130 e. The van der Waals surface area contributed by atoms with E-state index in [1.807, 2.05) is 6.07 Å². The fourth-order valence-electron chi connectivity index (χ4n) is 2.49. The van der Waals surface area contributed by atoms with Crippen LogP contribution in [0.15, 0.2) is 18.2 Å². The van der Waals surface area contributed by atoms with Crippen LogP contribution in [0, 0.1) is 11.7 Å². The molecule has 0 aromatic heterocycles. The van der Waals surface area contributed by atoms with Crippen LogP contribution in [-0.2, 0) is 0 Å². The number of nitrogens with two attached hydrogens (primary N) is 1. The average molecular weight is 238 g/mol. The molecule has 4 heteroatoms. The second-order valence-corrected chi connectivity index (χ2v) is 4.48. The van der Waals surface area contributed by atoms with Gasteiger partial charge in [0.25, 0.3) is 0 Å². The summed E-state index contributed by atoms with van der Waals surface area (Å²) in [5, 5.41) is 3.30. The lowest BCUT2D eigenvalue weighted by Crippen LogP contribution is -2.38. The summed E-state index contributed by atoms with van der Waals surface area (Å²) < 4.78 is 19.0. The Morgan fingerprint density at radius 2 is 2.35 bits per heavy atom. The summed E-state index contributed by atoms with van der Waals surface area (Å²) in [7, 11) is 1.54. The molecule has 17 heavy (non-hydrogen) atoms. The van der Waals surface area contributed by atoms with E-state index in [4.69, 9.17) is 10.5 Å². The number of piperidine rings is 1. The zero-order valence-corrected chi connectivity index (χ0v) is 10.1. The van der Waals surface area contributed by atoms with Crippen molar-refractivity contribution >= 4 is 0 Å². The van der Waals surface area contributed by atoms with Gasteiger partial charge in [0.1, 0.15) is 11.6 Å². The van der Waals surface area contributed by atoms with Crippen LogP contribution in [0.3, 0.4) is 0 Å². The first-order valence-corrected chi connectivity index (χ1v) is 6.00. The van der Waals surface area contributed by atoms with Gasteiger partial charge in [-0.15, -0.1) is 0 Å². The molecule has 0 spiro atoms. The molecule has 3 N–H and O–H groups in total. The highest BCUT2D eigenvalue weighted by Crippen LogP contribution is 2.31. The fourth-order valence-corrected chi connectivity index (χ4v) is 2.49. The molecular weight excluding hydrogens is 219 g/mol. The molecule has 0 saturated carbocycles. The molecule has 1 aliphatic heterocycles. The molecule has 1 aliphatic rings. The Hall–Kier alpha value is -1.13. The molecule has 1 fully saturated rings. The maximum atomic E-state index is 14.0. The van der Waals surface area contributed by atoms with Crippen LogP contribution in [0.1, 0.15) is 17.9 Å². The van der Waals surface area contributed by atoms with E-state index in [1.165, 1.54) is 6.07 Å². The van der Waals surface area contributed by atoms with Crippen molar-refractivity contribution in [2.75, 3.05) is 26.7 Å². The second kappa shape index (κ2) is 5.47. The van der Waals surface area contributed by atoms with E-state index in [-0.39, 0.29) is 11.7 Å². The number of hydrogen-bond donors (Lipinski definition) is 2. The maximum Gasteiger partial charge on any atom is 0.130 e. The number of nitrogens with one attached hydrogen (secondary N) is 1. The van der Waals surface area contributed by atoms with E-state index in [0.29, 0.717) is 18.2 Å². The van der Waals surface area contributed by atoms with Crippen LogP contribution in [0.25, 0.3) is 0 Å². The highest BCUT2D eigenvalue weighted by Gasteiger charge is 2.27. The summed E-state index contributed by atoms with van der Waals surface area (Å²) in [5.74, 6) is 0.884. The molecule has 2 rings (SSSR count). The predicted molar refractivity (Wildman–Crippen MR) is 65.7 cm³/mol. The molecule has 2 atom stereocenters. The van der Waals surface area contributed by atoms with Gasteiger partial charge in [-0.3, -0.25) is 0 Å². The molecule has 1 aromatic carbocycles. The van der Waals surface area contributed by atoms with Crippen LogP contribution >= 0.6 is 0 Å². The van der Waals surface area contributed by atoms with Gasteiger partial charge in [-0.25, -0.2) is 4.39 Å². The molecule has 0 bridgehead atoms. The number of benzene rings is 1. The quantitative estimate of drug-likeness (QED) is 0.838. The molecule has 1 aromatic rings. The molecule has 1 saturated heterocycles. The van der Waals surface area contributed by atoms with Crippen molar-refractivity contribution in [1.29, 1.82) is 0 Å². The lowest BCUT2D eigenvalue weighted by molar-refractivity contribution is 0.323. The van der Waals surface area contributed by atoms with Crippen molar-refractivity contribution in [2.45, 2.75) is 12.3 Å². The summed E-state index contributed by atoms with van der Waals surface area (Å²) in [4.78, 5) is 0. The van der Waals surface area contributed by atoms with Gasteiger partial charge < -0.3 is 15.8 Å². The topological polar surface area (TPSA) is 47.3 Å². The summed E-state index contributed by atoms with van der Waals surface area (Å²) in [5.41, 5.74) is 6.51. The number of ether oxygens (including phenoxy) is 1. The summed E-state index contributed by atoms with van der Waals surface area (Å²) >= 11 is 0. The lowest BCUT2D eigenvalue weighted by Gasteiger charge is -2.32. The first-order chi connectivity index (χ1) is 8.26. The monoisotopic (exact) mass is 238 g/mol. The van der Waals surface area contributed by atoms with Gasteiger partial charge >= 0.3 is 0 Å². The highest BCUT2D eigenvalue weighted by atomic mass is 19.1. The maximum absolute atomic E-state index is 14.0. The average Bonchev–Trinajstić information content (AvgIpc) is 2.38. The Morgan fingerprint density at radius 1 is 1.53 bits per heavy atom. The van der Waals surface area contributed by atoms with Gasteiger partial charge in [-0.05, 0) is 37.1 Å². The van der Waals surface area contributed by atoms with Crippen molar-refractivity contribution in [2.24, 2.45) is 11.7 Å². The largest absolute Gasteiger partial charge is 0.497 e. The normalized spacial score (nSPS) is 24.6. The van der Waals surface area contributed by atoms with Crippen molar-refractivity contribution in [3.05, 3.63) is 29.6 Å². The van der Waals surface area contributed by atoms with Crippen molar-refractivity contribution in [3.63, 3.8) is 0 Å². The van der Waals surface area contributed by atoms with E-state index in [1.54, 1.807) is 13.2 Å². The van der Waals surface area contributed by atoms with E-state index >= 15 is 0 Å².